The Bertz CT molecular complexity index is 857. The Balaban J connectivity index is 0.00000363. The lowest BCUT2D eigenvalue weighted by Crippen LogP contribution is -2.38. The van der Waals surface area contributed by atoms with Crippen LogP contribution in [0.1, 0.15) is 23.6 Å². The van der Waals surface area contributed by atoms with E-state index in [4.69, 9.17) is 19.2 Å². The summed E-state index contributed by atoms with van der Waals surface area (Å²) < 4.78 is 16.4. The molecule has 0 radical (unpaired) electrons. The van der Waals surface area contributed by atoms with Gasteiger partial charge in [0, 0.05) is 38.3 Å². The molecule has 0 bridgehead atoms. The molecule has 0 aliphatic carbocycles. The number of nitrogens with one attached hydrogen (secondary N) is 2. The minimum Gasteiger partial charge on any atom is -0.493 e. The quantitative estimate of drug-likeness (QED) is 0.282. The molecule has 2 aromatic rings. The van der Waals surface area contributed by atoms with Crippen molar-refractivity contribution in [2.45, 2.75) is 26.6 Å². The van der Waals surface area contributed by atoms with Gasteiger partial charge in [0.25, 0.3) is 0 Å². The van der Waals surface area contributed by atoms with Crippen LogP contribution in [0.2, 0.25) is 0 Å². The number of methoxy groups -OCH3 is 2. The van der Waals surface area contributed by atoms with E-state index in [1.54, 1.807) is 14.2 Å². The molecular formula is C24H35IN4O3. The van der Waals surface area contributed by atoms with E-state index in [1.807, 2.05) is 18.2 Å². The SMILES string of the molecule is CCNC(=NCc1cccc(OC)c1OC)NCc1ccccc1CN1CCOCC1.I. The number of rotatable bonds is 9. The second-order valence-electron chi connectivity index (χ2n) is 7.36. The highest BCUT2D eigenvalue weighted by molar-refractivity contribution is 14.0. The number of hydrogen-bond donors (Lipinski definition) is 2. The summed E-state index contributed by atoms with van der Waals surface area (Å²) >= 11 is 0. The van der Waals surface area contributed by atoms with Crippen LogP contribution in [0.3, 0.4) is 0 Å². The molecule has 0 saturated carbocycles. The summed E-state index contributed by atoms with van der Waals surface area (Å²) in [5.74, 6) is 2.21. The molecule has 1 saturated heterocycles. The zero-order chi connectivity index (χ0) is 21.9. The van der Waals surface area contributed by atoms with Crippen LogP contribution in [0.4, 0.5) is 0 Å². The van der Waals surface area contributed by atoms with Gasteiger partial charge in [-0.25, -0.2) is 4.99 Å². The average molecular weight is 554 g/mol. The highest BCUT2D eigenvalue weighted by Gasteiger charge is 2.13. The van der Waals surface area contributed by atoms with E-state index >= 15 is 0 Å². The number of halogens is 1. The van der Waals surface area contributed by atoms with Gasteiger partial charge >= 0.3 is 0 Å². The Morgan fingerprint density at radius 1 is 0.969 bits per heavy atom. The maximum atomic E-state index is 5.53. The van der Waals surface area contributed by atoms with Gasteiger partial charge in [-0.05, 0) is 24.1 Å². The lowest BCUT2D eigenvalue weighted by Gasteiger charge is -2.27. The topological polar surface area (TPSA) is 67.4 Å². The van der Waals surface area contributed by atoms with Crippen LogP contribution in [-0.2, 0) is 24.4 Å². The van der Waals surface area contributed by atoms with Gasteiger partial charge in [-0.1, -0.05) is 36.4 Å². The third kappa shape index (κ3) is 7.53. The summed E-state index contributed by atoms with van der Waals surface area (Å²) in [5.41, 5.74) is 3.59. The molecule has 0 amide bonds. The van der Waals surface area contributed by atoms with Crippen molar-refractivity contribution in [3.63, 3.8) is 0 Å². The Morgan fingerprint density at radius 2 is 1.69 bits per heavy atom. The fourth-order valence-electron chi connectivity index (χ4n) is 3.65. The van der Waals surface area contributed by atoms with E-state index in [0.29, 0.717) is 18.8 Å². The van der Waals surface area contributed by atoms with Crippen molar-refractivity contribution in [1.29, 1.82) is 0 Å². The molecule has 176 valence electrons. The fraction of sp³-hybridized carbons (Fsp3) is 0.458. The zero-order valence-electron chi connectivity index (χ0n) is 19.2. The third-order valence-electron chi connectivity index (χ3n) is 5.30. The summed E-state index contributed by atoms with van der Waals surface area (Å²) in [5, 5.41) is 6.80. The highest BCUT2D eigenvalue weighted by atomic mass is 127. The van der Waals surface area contributed by atoms with Gasteiger partial charge in [0.1, 0.15) is 0 Å². The molecule has 3 rings (SSSR count). The van der Waals surface area contributed by atoms with Gasteiger partial charge in [-0.15, -0.1) is 24.0 Å². The maximum absolute atomic E-state index is 5.53. The molecule has 0 spiro atoms. The van der Waals surface area contributed by atoms with Crippen molar-refractivity contribution in [2.75, 3.05) is 47.1 Å². The number of para-hydroxylation sites is 1. The smallest absolute Gasteiger partial charge is 0.191 e. The van der Waals surface area contributed by atoms with Crippen molar-refractivity contribution in [2.24, 2.45) is 4.99 Å². The molecule has 2 N–H and O–H groups in total. The molecule has 0 aromatic heterocycles. The molecule has 1 heterocycles. The largest absolute Gasteiger partial charge is 0.493 e. The molecule has 1 aliphatic heterocycles. The van der Waals surface area contributed by atoms with Crippen LogP contribution in [0, 0.1) is 0 Å². The highest BCUT2D eigenvalue weighted by Crippen LogP contribution is 2.31. The maximum Gasteiger partial charge on any atom is 0.191 e. The Morgan fingerprint density at radius 3 is 2.38 bits per heavy atom. The van der Waals surface area contributed by atoms with Crippen LogP contribution >= 0.6 is 24.0 Å². The van der Waals surface area contributed by atoms with Crippen LogP contribution < -0.4 is 20.1 Å². The second-order valence-corrected chi connectivity index (χ2v) is 7.36. The van der Waals surface area contributed by atoms with Crippen LogP contribution in [0.25, 0.3) is 0 Å². The average Bonchev–Trinajstić information content (AvgIpc) is 2.82. The molecule has 7 nitrogen and oxygen atoms in total. The van der Waals surface area contributed by atoms with E-state index in [9.17, 15) is 0 Å². The minimum atomic E-state index is 0. The Hall–Kier alpha value is -2.04. The Kier molecular flexibility index (Phi) is 11.6. The molecule has 2 aromatic carbocycles. The number of nitrogens with zero attached hydrogens (tertiary/aromatic N) is 2. The number of guanidine groups is 1. The number of ether oxygens (including phenoxy) is 3. The molecule has 1 fully saturated rings. The minimum absolute atomic E-state index is 0. The zero-order valence-corrected chi connectivity index (χ0v) is 21.6. The predicted molar refractivity (Wildman–Crippen MR) is 139 cm³/mol. The summed E-state index contributed by atoms with van der Waals surface area (Å²) in [4.78, 5) is 7.20. The van der Waals surface area contributed by atoms with Crippen molar-refractivity contribution < 1.29 is 14.2 Å². The van der Waals surface area contributed by atoms with E-state index in [1.165, 1.54) is 11.1 Å². The van der Waals surface area contributed by atoms with Gasteiger partial charge in [0.05, 0.1) is 34.0 Å². The van der Waals surface area contributed by atoms with Gasteiger partial charge in [-0.3, -0.25) is 4.90 Å². The van der Waals surface area contributed by atoms with Crippen molar-refractivity contribution >= 4 is 29.9 Å². The first-order chi connectivity index (χ1) is 15.2. The first-order valence-corrected chi connectivity index (χ1v) is 10.8. The second kappa shape index (κ2) is 14.2. The lowest BCUT2D eigenvalue weighted by atomic mass is 10.1. The predicted octanol–water partition coefficient (Wildman–Crippen LogP) is 3.41. The fourth-order valence-corrected chi connectivity index (χ4v) is 3.65. The molecule has 0 atom stereocenters. The van der Waals surface area contributed by atoms with Crippen LogP contribution in [-0.4, -0.2) is 57.9 Å². The normalized spacial score (nSPS) is 14.4. The van der Waals surface area contributed by atoms with Gasteiger partial charge in [0.2, 0.25) is 0 Å². The third-order valence-corrected chi connectivity index (χ3v) is 5.30. The standard InChI is InChI=1S/C24H34N4O3.HI/c1-4-25-24(27-17-20-10-7-11-22(29-2)23(20)30-3)26-16-19-8-5-6-9-21(19)18-28-12-14-31-15-13-28;/h5-11H,4,12-18H2,1-3H3,(H2,25,26,27);1H. The number of morpholine rings is 1. The molecule has 8 heteroatoms. The van der Waals surface area contributed by atoms with Gasteiger partial charge < -0.3 is 24.8 Å². The van der Waals surface area contributed by atoms with Crippen LogP contribution in [0.5, 0.6) is 11.5 Å². The Labute approximate surface area is 208 Å². The van der Waals surface area contributed by atoms with Gasteiger partial charge in [-0.2, -0.15) is 0 Å². The molecule has 1 aliphatic rings. The monoisotopic (exact) mass is 554 g/mol. The number of hydrogen-bond acceptors (Lipinski definition) is 5. The summed E-state index contributed by atoms with van der Waals surface area (Å²) in [6.45, 7) is 8.58. The van der Waals surface area contributed by atoms with Crippen molar-refractivity contribution in [3.8, 4) is 11.5 Å². The number of benzene rings is 2. The van der Waals surface area contributed by atoms with Crippen molar-refractivity contribution in [3.05, 3.63) is 59.2 Å². The molecule has 0 unspecified atom stereocenters. The number of aliphatic imine (C=N–C) groups is 1. The van der Waals surface area contributed by atoms with E-state index in [2.05, 4.69) is 46.7 Å². The molecule has 32 heavy (non-hydrogen) atoms. The summed E-state index contributed by atoms with van der Waals surface area (Å²) in [6, 6.07) is 14.4. The first kappa shape index (κ1) is 26.2. The lowest BCUT2D eigenvalue weighted by molar-refractivity contribution is 0.0341. The van der Waals surface area contributed by atoms with Crippen molar-refractivity contribution in [1.82, 2.24) is 15.5 Å². The van der Waals surface area contributed by atoms with Crippen LogP contribution in [0.15, 0.2) is 47.5 Å². The molecular weight excluding hydrogens is 519 g/mol. The summed E-state index contributed by atoms with van der Waals surface area (Å²) in [7, 11) is 3.30. The summed E-state index contributed by atoms with van der Waals surface area (Å²) in [6.07, 6.45) is 0. The van der Waals surface area contributed by atoms with E-state index < -0.39 is 0 Å². The van der Waals surface area contributed by atoms with Gasteiger partial charge in [0.15, 0.2) is 17.5 Å². The van der Waals surface area contributed by atoms with E-state index in [0.717, 1.165) is 56.7 Å². The van der Waals surface area contributed by atoms with E-state index in [-0.39, 0.29) is 24.0 Å². The first-order valence-electron chi connectivity index (χ1n) is 10.8.